The number of aromatic nitrogens is 2. The molecule has 3 amide bonds. The average molecular weight is 549 g/mol. The van der Waals surface area contributed by atoms with Gasteiger partial charge in [-0.2, -0.15) is 0 Å². The highest BCUT2D eigenvalue weighted by atomic mass is 19.1. The van der Waals surface area contributed by atoms with Crippen molar-refractivity contribution in [3.63, 3.8) is 0 Å². The van der Waals surface area contributed by atoms with Gasteiger partial charge in [0.15, 0.2) is 5.82 Å². The number of anilines is 1. The lowest BCUT2D eigenvalue weighted by molar-refractivity contribution is -0.131. The monoisotopic (exact) mass is 548 g/mol. The van der Waals surface area contributed by atoms with E-state index in [9.17, 15) is 14.0 Å². The standard InChI is InChI=1S/C30H37FN6O3/c1-30(2,3)32-29(39)37(20-22-6-10-24(31)11-7-22)21-28(38)36-17-5-16-35(18-19-36)27-15-14-26(33-34-27)23-8-12-25(40-4)13-9-23/h6-15H,5,16-21H2,1-4H3,(H,32,39). The highest BCUT2D eigenvalue weighted by Gasteiger charge is 2.26. The number of urea groups is 1. The number of ether oxygens (including phenoxy) is 1. The van der Waals surface area contributed by atoms with Crippen LogP contribution in [0.1, 0.15) is 32.8 Å². The van der Waals surface area contributed by atoms with Gasteiger partial charge in [-0.1, -0.05) is 12.1 Å². The molecule has 0 spiro atoms. The molecule has 0 saturated carbocycles. The minimum Gasteiger partial charge on any atom is -0.497 e. The van der Waals surface area contributed by atoms with E-state index in [1.165, 1.54) is 17.0 Å². The van der Waals surface area contributed by atoms with Crippen molar-refractivity contribution in [3.8, 4) is 17.0 Å². The van der Waals surface area contributed by atoms with Crippen LogP contribution >= 0.6 is 0 Å². The molecule has 10 heteroatoms. The predicted octanol–water partition coefficient (Wildman–Crippen LogP) is 4.34. The number of amides is 3. The Labute approximate surface area is 234 Å². The molecule has 0 aliphatic carbocycles. The molecular formula is C30H37FN6O3. The molecule has 1 fully saturated rings. The van der Waals surface area contributed by atoms with Gasteiger partial charge in [-0.15, -0.1) is 10.2 Å². The summed E-state index contributed by atoms with van der Waals surface area (Å²) in [7, 11) is 1.63. The molecule has 9 nitrogen and oxygen atoms in total. The topological polar surface area (TPSA) is 90.9 Å². The van der Waals surface area contributed by atoms with Gasteiger partial charge < -0.3 is 24.8 Å². The maximum Gasteiger partial charge on any atom is 0.318 e. The number of rotatable bonds is 7. The Kier molecular flexibility index (Phi) is 9.19. The zero-order valence-electron chi connectivity index (χ0n) is 23.6. The van der Waals surface area contributed by atoms with Gasteiger partial charge in [0.05, 0.1) is 12.8 Å². The van der Waals surface area contributed by atoms with E-state index in [-0.39, 0.29) is 30.8 Å². The first-order chi connectivity index (χ1) is 19.1. The van der Waals surface area contributed by atoms with E-state index in [1.807, 2.05) is 57.2 Å². The Morgan fingerprint density at radius 2 is 1.68 bits per heavy atom. The second kappa shape index (κ2) is 12.8. The molecule has 1 aromatic heterocycles. The average Bonchev–Trinajstić information content (AvgIpc) is 3.20. The van der Waals surface area contributed by atoms with Gasteiger partial charge in [0, 0.05) is 43.8 Å². The van der Waals surface area contributed by atoms with Crippen molar-refractivity contribution in [2.24, 2.45) is 0 Å². The van der Waals surface area contributed by atoms with Crippen LogP contribution in [-0.2, 0) is 11.3 Å². The van der Waals surface area contributed by atoms with Crippen molar-refractivity contribution < 1.29 is 18.7 Å². The number of nitrogens with one attached hydrogen (secondary N) is 1. The number of carbonyl (C=O) groups is 2. The molecule has 0 unspecified atom stereocenters. The number of benzene rings is 2. The third kappa shape index (κ3) is 7.91. The maximum atomic E-state index is 13.4. The van der Waals surface area contributed by atoms with Crippen LogP contribution in [0, 0.1) is 5.82 Å². The molecule has 2 heterocycles. The van der Waals surface area contributed by atoms with Gasteiger partial charge in [0.2, 0.25) is 5.91 Å². The van der Waals surface area contributed by atoms with Crippen molar-refractivity contribution in [1.82, 2.24) is 25.3 Å². The molecule has 0 radical (unpaired) electrons. The summed E-state index contributed by atoms with van der Waals surface area (Å²) in [4.78, 5) is 31.8. The molecule has 40 heavy (non-hydrogen) atoms. The van der Waals surface area contributed by atoms with Gasteiger partial charge >= 0.3 is 6.03 Å². The first kappa shape index (κ1) is 28.8. The smallest absolute Gasteiger partial charge is 0.318 e. The summed E-state index contributed by atoms with van der Waals surface area (Å²) in [6.45, 7) is 8.22. The van der Waals surface area contributed by atoms with Gasteiger partial charge in [0.25, 0.3) is 0 Å². The van der Waals surface area contributed by atoms with Crippen LogP contribution in [0.25, 0.3) is 11.3 Å². The molecule has 1 N–H and O–H groups in total. The Morgan fingerprint density at radius 3 is 2.30 bits per heavy atom. The third-order valence-electron chi connectivity index (χ3n) is 6.59. The Balaban J connectivity index is 1.38. The van der Waals surface area contributed by atoms with E-state index in [0.29, 0.717) is 19.6 Å². The maximum absolute atomic E-state index is 13.4. The lowest BCUT2D eigenvalue weighted by Crippen LogP contribution is -2.51. The summed E-state index contributed by atoms with van der Waals surface area (Å²) >= 11 is 0. The molecule has 1 saturated heterocycles. The minimum absolute atomic E-state index is 0.0738. The van der Waals surface area contributed by atoms with Crippen molar-refractivity contribution in [2.45, 2.75) is 39.3 Å². The van der Waals surface area contributed by atoms with Crippen molar-refractivity contribution in [1.29, 1.82) is 0 Å². The second-order valence-electron chi connectivity index (χ2n) is 10.9. The molecular weight excluding hydrogens is 511 g/mol. The SMILES string of the molecule is COc1ccc(-c2ccc(N3CCCN(C(=O)CN(Cc4ccc(F)cc4)C(=O)NC(C)(C)C)CC3)nn2)cc1. The first-order valence-electron chi connectivity index (χ1n) is 13.4. The summed E-state index contributed by atoms with van der Waals surface area (Å²) < 4.78 is 18.6. The quantitative estimate of drug-likeness (QED) is 0.473. The number of hydrogen-bond acceptors (Lipinski definition) is 6. The van der Waals surface area contributed by atoms with E-state index in [0.717, 1.165) is 41.4 Å². The van der Waals surface area contributed by atoms with Crippen LogP contribution in [0.15, 0.2) is 60.7 Å². The Bertz CT molecular complexity index is 1280. The predicted molar refractivity (Wildman–Crippen MR) is 153 cm³/mol. The zero-order valence-corrected chi connectivity index (χ0v) is 23.6. The fourth-order valence-corrected chi connectivity index (χ4v) is 4.48. The fraction of sp³-hybridized carbons (Fsp3) is 0.400. The normalized spacial score (nSPS) is 13.9. The summed E-state index contributed by atoms with van der Waals surface area (Å²) in [5, 5.41) is 11.8. The van der Waals surface area contributed by atoms with Crippen molar-refractivity contribution in [2.75, 3.05) is 44.7 Å². The highest BCUT2D eigenvalue weighted by molar-refractivity contribution is 5.84. The number of halogens is 1. The lowest BCUT2D eigenvalue weighted by Gasteiger charge is -2.30. The van der Waals surface area contributed by atoms with Crippen LogP contribution in [0.5, 0.6) is 5.75 Å². The molecule has 4 rings (SSSR count). The number of hydrogen-bond donors (Lipinski definition) is 1. The number of methoxy groups -OCH3 is 1. The van der Waals surface area contributed by atoms with Gasteiger partial charge in [-0.05, 0) is 81.3 Å². The van der Waals surface area contributed by atoms with E-state index < -0.39 is 5.54 Å². The molecule has 0 bridgehead atoms. The number of carbonyl (C=O) groups excluding carboxylic acids is 2. The van der Waals surface area contributed by atoms with E-state index in [4.69, 9.17) is 4.74 Å². The van der Waals surface area contributed by atoms with Crippen LogP contribution in [0.2, 0.25) is 0 Å². The van der Waals surface area contributed by atoms with Gasteiger partial charge in [-0.25, -0.2) is 9.18 Å². The van der Waals surface area contributed by atoms with Crippen LogP contribution < -0.4 is 15.0 Å². The highest BCUT2D eigenvalue weighted by Crippen LogP contribution is 2.22. The molecule has 212 valence electrons. The van der Waals surface area contributed by atoms with Crippen LogP contribution in [-0.4, -0.2) is 77.3 Å². The van der Waals surface area contributed by atoms with Crippen molar-refractivity contribution >= 4 is 17.8 Å². The molecule has 0 atom stereocenters. The second-order valence-corrected chi connectivity index (χ2v) is 10.9. The largest absolute Gasteiger partial charge is 0.497 e. The molecule has 1 aliphatic heterocycles. The zero-order chi connectivity index (χ0) is 28.7. The fourth-order valence-electron chi connectivity index (χ4n) is 4.48. The molecule has 2 aromatic carbocycles. The summed E-state index contributed by atoms with van der Waals surface area (Å²) in [6, 6.07) is 17.2. The van der Waals surface area contributed by atoms with E-state index in [2.05, 4.69) is 20.4 Å². The first-order valence-corrected chi connectivity index (χ1v) is 13.4. The van der Waals surface area contributed by atoms with Crippen LogP contribution in [0.4, 0.5) is 15.0 Å². The molecule has 3 aromatic rings. The number of nitrogens with zero attached hydrogens (tertiary/aromatic N) is 5. The minimum atomic E-state index is -0.464. The lowest BCUT2D eigenvalue weighted by atomic mass is 10.1. The third-order valence-corrected chi connectivity index (χ3v) is 6.59. The van der Waals surface area contributed by atoms with Crippen molar-refractivity contribution in [3.05, 3.63) is 72.0 Å². The summed E-state index contributed by atoms with van der Waals surface area (Å²) in [5.74, 6) is 1.06. The Hall–Kier alpha value is -4.21. The molecule has 1 aliphatic rings. The van der Waals surface area contributed by atoms with Gasteiger partial charge in [-0.3, -0.25) is 4.79 Å². The van der Waals surface area contributed by atoms with Crippen LogP contribution in [0.3, 0.4) is 0 Å². The van der Waals surface area contributed by atoms with E-state index in [1.54, 1.807) is 24.1 Å². The summed E-state index contributed by atoms with van der Waals surface area (Å²) in [6.07, 6.45) is 0.764. The summed E-state index contributed by atoms with van der Waals surface area (Å²) in [5.41, 5.74) is 2.01. The van der Waals surface area contributed by atoms with Gasteiger partial charge in [0.1, 0.15) is 18.1 Å². The Morgan fingerprint density at radius 1 is 0.950 bits per heavy atom. The van der Waals surface area contributed by atoms with E-state index >= 15 is 0 Å².